The molecule has 1 heterocycles. The molecule has 1 aliphatic carbocycles. The molecule has 2 bridgehead atoms. The minimum atomic E-state index is 0.171. The highest BCUT2D eigenvalue weighted by molar-refractivity contribution is 5.44. The first-order valence-electron chi connectivity index (χ1n) is 9.14. The normalized spacial score (nSPS) is 30.6. The van der Waals surface area contributed by atoms with Crippen LogP contribution in [0.1, 0.15) is 49.9 Å². The van der Waals surface area contributed by atoms with Gasteiger partial charge in [0.05, 0.1) is 0 Å². The van der Waals surface area contributed by atoms with Crippen molar-refractivity contribution in [3.8, 4) is 5.75 Å². The number of hydrogen-bond acceptors (Lipinski definition) is 2. The molecule has 1 N–H and O–H groups in total. The van der Waals surface area contributed by atoms with Gasteiger partial charge in [-0.25, -0.2) is 0 Å². The van der Waals surface area contributed by atoms with Gasteiger partial charge in [0.2, 0.25) is 0 Å². The summed E-state index contributed by atoms with van der Waals surface area (Å²) in [6.45, 7) is 8.27. The smallest absolute Gasteiger partial charge is 0.115 e. The fourth-order valence-electron chi connectivity index (χ4n) is 5.04. The van der Waals surface area contributed by atoms with Gasteiger partial charge in [-0.05, 0) is 66.5 Å². The summed E-state index contributed by atoms with van der Waals surface area (Å²) in [6, 6.07) is 17.9. The molecule has 126 valence electrons. The molecule has 4 atom stereocenters. The van der Waals surface area contributed by atoms with Crippen molar-refractivity contribution in [1.29, 1.82) is 0 Å². The van der Waals surface area contributed by atoms with Crippen molar-refractivity contribution in [2.24, 2.45) is 5.92 Å². The number of fused-ring (bicyclic) bond motifs is 4. The molecule has 0 amide bonds. The average molecular weight is 321 g/mol. The van der Waals surface area contributed by atoms with Gasteiger partial charge < -0.3 is 5.11 Å². The Hall–Kier alpha value is -1.80. The lowest BCUT2D eigenvalue weighted by atomic mass is 9.58. The molecule has 2 heteroatoms. The van der Waals surface area contributed by atoms with E-state index >= 15 is 0 Å². The number of benzene rings is 2. The summed E-state index contributed by atoms with van der Waals surface area (Å²) in [5.41, 5.74) is 4.37. The predicted octanol–water partition coefficient (Wildman–Crippen LogP) is 4.68. The molecule has 4 rings (SSSR count). The van der Waals surface area contributed by atoms with Crippen molar-refractivity contribution < 1.29 is 5.11 Å². The van der Waals surface area contributed by atoms with Crippen molar-refractivity contribution in [1.82, 2.24) is 4.90 Å². The molecule has 0 aromatic heterocycles. The van der Waals surface area contributed by atoms with Crippen LogP contribution in [-0.2, 0) is 11.8 Å². The number of piperidine rings is 1. The van der Waals surface area contributed by atoms with E-state index in [2.05, 4.69) is 62.1 Å². The Balaban J connectivity index is 1.71. The first-order chi connectivity index (χ1) is 11.5. The van der Waals surface area contributed by atoms with E-state index in [1.54, 1.807) is 0 Å². The molecular formula is C22H27NO. The predicted molar refractivity (Wildman–Crippen MR) is 98.3 cm³/mol. The maximum Gasteiger partial charge on any atom is 0.115 e. The SMILES string of the molecule is C[C@H](c1ccccc1)N1CC[C@]2(C)c3cc(O)ccc3C[C@H]1[C@H]2C. The van der Waals surface area contributed by atoms with Crippen LogP contribution in [0, 0.1) is 5.92 Å². The van der Waals surface area contributed by atoms with Crippen molar-refractivity contribution in [2.45, 2.75) is 51.1 Å². The first-order valence-corrected chi connectivity index (χ1v) is 9.14. The standard InChI is InChI=1S/C22H27NO/c1-15-21-13-18-9-10-19(24)14-20(18)22(15,3)11-12-23(21)16(2)17-7-5-4-6-8-17/h4-10,14-16,21,24H,11-13H2,1-3H3/t15-,16-,21+,22+/m1/s1. The highest BCUT2D eigenvalue weighted by atomic mass is 16.3. The molecule has 0 unspecified atom stereocenters. The van der Waals surface area contributed by atoms with E-state index in [-0.39, 0.29) is 5.41 Å². The summed E-state index contributed by atoms with van der Waals surface area (Å²) in [5, 5.41) is 9.96. The van der Waals surface area contributed by atoms with Gasteiger partial charge in [0.1, 0.15) is 5.75 Å². The summed E-state index contributed by atoms with van der Waals surface area (Å²) in [6.07, 6.45) is 2.24. The third-order valence-electron chi connectivity index (χ3n) is 6.81. The molecule has 2 aliphatic rings. The van der Waals surface area contributed by atoms with E-state index in [1.165, 1.54) is 16.7 Å². The lowest BCUT2D eigenvalue weighted by molar-refractivity contribution is 0.00554. The lowest BCUT2D eigenvalue weighted by Gasteiger charge is -2.56. The van der Waals surface area contributed by atoms with Gasteiger partial charge in [-0.3, -0.25) is 4.90 Å². The highest BCUT2D eigenvalue weighted by Crippen LogP contribution is 2.50. The van der Waals surface area contributed by atoms with Gasteiger partial charge in [-0.15, -0.1) is 0 Å². The maximum absolute atomic E-state index is 9.96. The van der Waals surface area contributed by atoms with E-state index in [0.29, 0.717) is 23.8 Å². The van der Waals surface area contributed by atoms with Crippen molar-refractivity contribution in [2.75, 3.05) is 6.54 Å². The van der Waals surface area contributed by atoms with Crippen molar-refractivity contribution in [3.63, 3.8) is 0 Å². The third-order valence-corrected chi connectivity index (χ3v) is 6.81. The van der Waals surface area contributed by atoms with E-state index in [9.17, 15) is 5.11 Å². The van der Waals surface area contributed by atoms with Crippen LogP contribution in [-0.4, -0.2) is 22.6 Å². The number of phenolic OH excluding ortho intramolecular Hbond substituents is 1. The number of hydrogen-bond donors (Lipinski definition) is 1. The Labute approximate surface area is 145 Å². The van der Waals surface area contributed by atoms with Gasteiger partial charge in [-0.2, -0.15) is 0 Å². The van der Waals surface area contributed by atoms with Gasteiger partial charge in [0, 0.05) is 12.1 Å². The molecule has 2 aromatic carbocycles. The monoisotopic (exact) mass is 321 g/mol. The molecule has 1 saturated heterocycles. The fraction of sp³-hybridized carbons (Fsp3) is 0.455. The van der Waals surface area contributed by atoms with E-state index < -0.39 is 0 Å². The molecule has 0 saturated carbocycles. The van der Waals surface area contributed by atoms with Crippen molar-refractivity contribution in [3.05, 3.63) is 65.2 Å². The van der Waals surface area contributed by atoms with Gasteiger partial charge in [0.15, 0.2) is 0 Å². The first kappa shape index (κ1) is 15.7. The van der Waals surface area contributed by atoms with Crippen LogP contribution in [0.3, 0.4) is 0 Å². The Morgan fingerprint density at radius 2 is 1.92 bits per heavy atom. The number of aromatic hydroxyl groups is 1. The number of rotatable bonds is 2. The zero-order valence-corrected chi connectivity index (χ0v) is 14.9. The van der Waals surface area contributed by atoms with Crippen LogP contribution in [0.25, 0.3) is 0 Å². The lowest BCUT2D eigenvalue weighted by Crippen LogP contribution is -2.58. The second kappa shape index (κ2) is 5.63. The van der Waals surface area contributed by atoms with Crippen LogP contribution in [0.4, 0.5) is 0 Å². The molecular weight excluding hydrogens is 294 g/mol. The zero-order chi connectivity index (χ0) is 16.9. The summed E-state index contributed by atoms with van der Waals surface area (Å²) in [5.74, 6) is 0.993. The second-order valence-electron chi connectivity index (χ2n) is 7.89. The number of phenols is 1. The van der Waals surface area contributed by atoms with E-state index in [4.69, 9.17) is 0 Å². The molecule has 1 fully saturated rings. The van der Waals surface area contributed by atoms with Crippen molar-refractivity contribution >= 4 is 0 Å². The third kappa shape index (κ3) is 2.28. The molecule has 2 aromatic rings. The Bertz CT molecular complexity index is 741. The molecule has 0 spiro atoms. The number of likely N-dealkylation sites (tertiary alicyclic amines) is 1. The topological polar surface area (TPSA) is 23.5 Å². The van der Waals surface area contributed by atoms with Gasteiger partial charge in [0.25, 0.3) is 0 Å². The Kier molecular flexibility index (Phi) is 3.69. The van der Waals surface area contributed by atoms with E-state index in [0.717, 1.165) is 19.4 Å². The second-order valence-corrected chi connectivity index (χ2v) is 7.89. The Morgan fingerprint density at radius 3 is 2.67 bits per heavy atom. The largest absolute Gasteiger partial charge is 0.508 e. The van der Waals surface area contributed by atoms with Crippen LogP contribution in [0.5, 0.6) is 5.75 Å². The average Bonchev–Trinajstić information content (AvgIpc) is 2.59. The maximum atomic E-state index is 9.96. The fourth-order valence-corrected chi connectivity index (χ4v) is 5.04. The van der Waals surface area contributed by atoms with Crippen LogP contribution < -0.4 is 0 Å². The minimum absolute atomic E-state index is 0.171. The summed E-state index contributed by atoms with van der Waals surface area (Å²) in [4.78, 5) is 2.71. The van der Waals surface area contributed by atoms with Crippen LogP contribution in [0.15, 0.2) is 48.5 Å². The minimum Gasteiger partial charge on any atom is -0.508 e. The van der Waals surface area contributed by atoms with Crippen LogP contribution >= 0.6 is 0 Å². The summed E-state index contributed by atoms with van der Waals surface area (Å²) < 4.78 is 0. The van der Waals surface area contributed by atoms with Gasteiger partial charge >= 0.3 is 0 Å². The zero-order valence-electron chi connectivity index (χ0n) is 14.9. The quantitative estimate of drug-likeness (QED) is 0.868. The van der Waals surface area contributed by atoms with Crippen LogP contribution in [0.2, 0.25) is 0 Å². The molecule has 2 nitrogen and oxygen atoms in total. The molecule has 0 radical (unpaired) electrons. The highest BCUT2D eigenvalue weighted by Gasteiger charge is 2.49. The number of nitrogens with zero attached hydrogens (tertiary/aromatic N) is 1. The molecule has 24 heavy (non-hydrogen) atoms. The Morgan fingerprint density at radius 1 is 1.17 bits per heavy atom. The van der Waals surface area contributed by atoms with E-state index in [1.807, 2.05) is 12.1 Å². The summed E-state index contributed by atoms with van der Waals surface area (Å²) >= 11 is 0. The van der Waals surface area contributed by atoms with Gasteiger partial charge in [-0.1, -0.05) is 50.2 Å². The summed E-state index contributed by atoms with van der Waals surface area (Å²) in [7, 11) is 0. The molecule has 1 aliphatic heterocycles.